The highest BCUT2D eigenvalue weighted by molar-refractivity contribution is 7.92. The molecule has 14 heavy (non-hydrogen) atoms. The van der Waals surface area contributed by atoms with E-state index in [1.807, 2.05) is 14.0 Å². The van der Waals surface area contributed by atoms with Crippen molar-refractivity contribution in [2.75, 3.05) is 12.8 Å². The maximum absolute atomic E-state index is 11.9. The van der Waals surface area contributed by atoms with Gasteiger partial charge in [0.05, 0.1) is 11.0 Å². The van der Waals surface area contributed by atoms with Gasteiger partial charge in [0.15, 0.2) is 9.84 Å². The third-order valence-corrected chi connectivity index (χ3v) is 5.50. The Hall–Kier alpha value is -0.0900. The van der Waals surface area contributed by atoms with Crippen LogP contribution in [-0.2, 0) is 9.84 Å². The Kier molecular flexibility index (Phi) is 4.38. The lowest BCUT2D eigenvalue weighted by Crippen LogP contribution is -2.35. The summed E-state index contributed by atoms with van der Waals surface area (Å²) in [5, 5.41) is 3.00. The van der Waals surface area contributed by atoms with E-state index in [1.54, 1.807) is 0 Å². The Morgan fingerprint density at radius 2 is 1.93 bits per heavy atom. The van der Waals surface area contributed by atoms with Crippen molar-refractivity contribution >= 4 is 9.84 Å². The lowest BCUT2D eigenvalue weighted by molar-refractivity contribution is 0.545. The van der Waals surface area contributed by atoms with Gasteiger partial charge in [-0.25, -0.2) is 8.42 Å². The third-order valence-electron chi connectivity index (χ3n) is 3.14. The van der Waals surface area contributed by atoms with Crippen molar-refractivity contribution in [3.05, 3.63) is 0 Å². The molecule has 0 radical (unpaired) electrons. The number of rotatable bonds is 5. The summed E-state index contributed by atoms with van der Waals surface area (Å²) in [6.45, 7) is 2.02. The predicted molar refractivity (Wildman–Crippen MR) is 59.2 cm³/mol. The van der Waals surface area contributed by atoms with Crippen molar-refractivity contribution in [1.29, 1.82) is 0 Å². The molecule has 1 rings (SSSR count). The van der Waals surface area contributed by atoms with E-state index in [0.29, 0.717) is 5.75 Å². The van der Waals surface area contributed by atoms with Crippen molar-refractivity contribution in [3.8, 4) is 0 Å². The van der Waals surface area contributed by atoms with Gasteiger partial charge >= 0.3 is 0 Å². The first-order valence-corrected chi connectivity index (χ1v) is 7.20. The summed E-state index contributed by atoms with van der Waals surface area (Å²) in [4.78, 5) is 0. The summed E-state index contributed by atoms with van der Waals surface area (Å²) in [6, 6.07) is 0.126. The number of sulfone groups is 1. The molecule has 0 aromatic heterocycles. The Bertz CT molecular complexity index is 251. The van der Waals surface area contributed by atoms with E-state index in [4.69, 9.17) is 0 Å². The zero-order valence-electron chi connectivity index (χ0n) is 9.12. The zero-order valence-corrected chi connectivity index (χ0v) is 9.94. The zero-order chi connectivity index (χ0) is 10.6. The minimum Gasteiger partial charge on any atom is -0.316 e. The van der Waals surface area contributed by atoms with Crippen LogP contribution in [0.25, 0.3) is 0 Å². The first-order chi connectivity index (χ1) is 6.60. The molecule has 1 aliphatic carbocycles. The third kappa shape index (κ3) is 2.95. The molecule has 1 aliphatic rings. The molecule has 1 saturated carbocycles. The molecule has 0 spiro atoms. The second-order valence-corrected chi connectivity index (χ2v) is 6.46. The van der Waals surface area contributed by atoms with Gasteiger partial charge in [-0.2, -0.15) is 0 Å². The van der Waals surface area contributed by atoms with Crippen LogP contribution >= 0.6 is 0 Å². The molecule has 3 nitrogen and oxygen atoms in total. The number of hydrogen-bond acceptors (Lipinski definition) is 3. The molecule has 0 saturated heterocycles. The fourth-order valence-electron chi connectivity index (χ4n) is 2.07. The molecule has 1 atom stereocenters. The Balaban J connectivity index is 2.56. The highest BCUT2D eigenvalue weighted by Crippen LogP contribution is 2.25. The van der Waals surface area contributed by atoms with Crippen LogP contribution in [-0.4, -0.2) is 32.5 Å². The molecular formula is C10H21NO2S. The van der Waals surface area contributed by atoms with Gasteiger partial charge in [0.25, 0.3) is 0 Å². The molecule has 4 heteroatoms. The Morgan fingerprint density at radius 1 is 1.36 bits per heavy atom. The minimum atomic E-state index is -2.85. The summed E-state index contributed by atoms with van der Waals surface area (Å²) in [7, 11) is -1.01. The van der Waals surface area contributed by atoms with Gasteiger partial charge in [0.2, 0.25) is 0 Å². The van der Waals surface area contributed by atoms with Crippen LogP contribution in [0.2, 0.25) is 0 Å². The van der Waals surface area contributed by atoms with Crippen molar-refractivity contribution in [3.63, 3.8) is 0 Å². The molecule has 0 aromatic rings. The standard InChI is InChI=1S/C10H21NO2S/c1-3-9(11-2)8-14(12,13)10-6-4-5-7-10/h9-11H,3-8H2,1-2H3. The van der Waals surface area contributed by atoms with Crippen LogP contribution in [0.5, 0.6) is 0 Å². The van der Waals surface area contributed by atoms with Gasteiger partial charge in [-0.3, -0.25) is 0 Å². The van der Waals surface area contributed by atoms with Crippen molar-refractivity contribution < 1.29 is 8.42 Å². The predicted octanol–water partition coefficient (Wildman–Crippen LogP) is 1.34. The molecule has 1 unspecified atom stereocenters. The van der Waals surface area contributed by atoms with Crippen LogP contribution in [0.4, 0.5) is 0 Å². The quantitative estimate of drug-likeness (QED) is 0.759. The van der Waals surface area contributed by atoms with E-state index in [2.05, 4.69) is 5.32 Å². The Labute approximate surface area is 87.2 Å². The van der Waals surface area contributed by atoms with Crippen molar-refractivity contribution in [1.82, 2.24) is 5.32 Å². The SMILES string of the molecule is CCC(CS(=O)(=O)C1CCCC1)NC. The largest absolute Gasteiger partial charge is 0.316 e. The summed E-state index contributed by atoms with van der Waals surface area (Å²) in [6.07, 6.45) is 4.80. The van der Waals surface area contributed by atoms with Gasteiger partial charge < -0.3 is 5.32 Å². The molecule has 0 heterocycles. The molecule has 1 N–H and O–H groups in total. The van der Waals surface area contributed by atoms with Crippen LogP contribution in [0, 0.1) is 0 Å². The van der Waals surface area contributed by atoms with Gasteiger partial charge in [-0.1, -0.05) is 19.8 Å². The van der Waals surface area contributed by atoms with Crippen molar-refractivity contribution in [2.45, 2.75) is 50.3 Å². The van der Waals surface area contributed by atoms with Crippen LogP contribution in [0.1, 0.15) is 39.0 Å². The lowest BCUT2D eigenvalue weighted by Gasteiger charge is -2.17. The Morgan fingerprint density at radius 3 is 2.36 bits per heavy atom. The molecule has 0 amide bonds. The van der Waals surface area contributed by atoms with Crippen LogP contribution < -0.4 is 5.32 Å². The van der Waals surface area contributed by atoms with Crippen molar-refractivity contribution in [2.24, 2.45) is 0 Å². The molecule has 84 valence electrons. The average molecular weight is 219 g/mol. The first-order valence-electron chi connectivity index (χ1n) is 5.49. The monoisotopic (exact) mass is 219 g/mol. The molecule has 0 aliphatic heterocycles. The lowest BCUT2D eigenvalue weighted by atomic mass is 10.3. The summed E-state index contributed by atoms with van der Waals surface area (Å²) < 4.78 is 23.8. The van der Waals surface area contributed by atoms with Crippen LogP contribution in [0.15, 0.2) is 0 Å². The second-order valence-electron chi connectivity index (χ2n) is 4.13. The van der Waals surface area contributed by atoms with E-state index in [0.717, 1.165) is 32.1 Å². The average Bonchev–Trinajstić information content (AvgIpc) is 2.67. The first kappa shape index (κ1) is 12.0. The van der Waals surface area contributed by atoms with Crippen LogP contribution in [0.3, 0.4) is 0 Å². The second kappa shape index (κ2) is 5.12. The van der Waals surface area contributed by atoms with Gasteiger partial charge in [-0.05, 0) is 26.3 Å². The minimum absolute atomic E-state index is 0.0510. The fraction of sp³-hybridized carbons (Fsp3) is 1.00. The van der Waals surface area contributed by atoms with Gasteiger partial charge in [0, 0.05) is 6.04 Å². The smallest absolute Gasteiger partial charge is 0.154 e. The van der Waals surface area contributed by atoms with E-state index in [-0.39, 0.29) is 11.3 Å². The summed E-state index contributed by atoms with van der Waals surface area (Å²) in [5.41, 5.74) is 0. The maximum Gasteiger partial charge on any atom is 0.154 e. The van der Waals surface area contributed by atoms with E-state index < -0.39 is 9.84 Å². The normalized spacial score (nSPS) is 21.3. The highest BCUT2D eigenvalue weighted by Gasteiger charge is 2.30. The summed E-state index contributed by atoms with van der Waals surface area (Å²) >= 11 is 0. The maximum atomic E-state index is 11.9. The van der Waals surface area contributed by atoms with E-state index >= 15 is 0 Å². The molecule has 1 fully saturated rings. The van der Waals surface area contributed by atoms with E-state index in [1.165, 1.54) is 0 Å². The summed E-state index contributed by atoms with van der Waals surface area (Å²) in [5.74, 6) is 0.310. The fourth-order valence-corrected chi connectivity index (χ4v) is 4.36. The molecule has 0 bridgehead atoms. The highest BCUT2D eigenvalue weighted by atomic mass is 32.2. The molecule has 0 aromatic carbocycles. The topological polar surface area (TPSA) is 46.2 Å². The van der Waals surface area contributed by atoms with E-state index in [9.17, 15) is 8.42 Å². The number of nitrogens with one attached hydrogen (secondary N) is 1. The van der Waals surface area contributed by atoms with Gasteiger partial charge in [0.1, 0.15) is 0 Å². The number of hydrogen-bond donors (Lipinski definition) is 1. The molecular weight excluding hydrogens is 198 g/mol. The van der Waals surface area contributed by atoms with Gasteiger partial charge in [-0.15, -0.1) is 0 Å².